The minimum absolute atomic E-state index is 0.327. The average Bonchev–Trinajstić information content (AvgIpc) is 2.86. The van der Waals surface area contributed by atoms with Crippen molar-refractivity contribution in [2.45, 2.75) is 19.9 Å². The Balaban J connectivity index is 1.88. The number of ether oxygens (including phenoxy) is 1. The quantitative estimate of drug-likeness (QED) is 0.615. The third-order valence-corrected chi connectivity index (χ3v) is 3.13. The van der Waals surface area contributed by atoms with Crippen LogP contribution in [0.3, 0.4) is 0 Å². The van der Waals surface area contributed by atoms with E-state index < -0.39 is 0 Å². The summed E-state index contributed by atoms with van der Waals surface area (Å²) in [6.45, 7) is 3.50. The van der Waals surface area contributed by atoms with Gasteiger partial charge in [-0.1, -0.05) is 6.07 Å². The van der Waals surface area contributed by atoms with Gasteiger partial charge in [-0.05, 0) is 19.1 Å². The molecule has 2 rings (SSSR count). The molecule has 21 heavy (non-hydrogen) atoms. The highest BCUT2D eigenvalue weighted by Gasteiger charge is 2.16. The second-order valence-corrected chi connectivity index (χ2v) is 4.60. The Morgan fingerprint density at radius 3 is 3.00 bits per heavy atom. The first-order chi connectivity index (χ1) is 10.2. The van der Waals surface area contributed by atoms with E-state index in [4.69, 9.17) is 4.74 Å². The van der Waals surface area contributed by atoms with E-state index in [1.807, 2.05) is 25.2 Å². The molecular formula is C15H20N4O2. The molecule has 0 radical (unpaired) electrons. The molecule has 0 aliphatic rings. The third kappa shape index (κ3) is 4.13. The van der Waals surface area contributed by atoms with Gasteiger partial charge in [0, 0.05) is 38.4 Å². The smallest absolute Gasteiger partial charge is 0.341 e. The van der Waals surface area contributed by atoms with Crippen molar-refractivity contribution >= 4 is 5.97 Å². The monoisotopic (exact) mass is 288 g/mol. The first-order valence-corrected chi connectivity index (χ1v) is 7.01. The minimum Gasteiger partial charge on any atom is -0.462 e. The maximum atomic E-state index is 11.8. The van der Waals surface area contributed by atoms with Crippen LogP contribution in [-0.4, -0.2) is 33.9 Å². The van der Waals surface area contributed by atoms with Crippen LogP contribution >= 0.6 is 0 Å². The Kier molecular flexibility index (Phi) is 5.45. The number of carbonyl (C=O) groups is 1. The normalized spacial score (nSPS) is 10.6. The summed E-state index contributed by atoms with van der Waals surface area (Å²) in [5.41, 5.74) is 2.39. The van der Waals surface area contributed by atoms with Gasteiger partial charge in [-0.3, -0.25) is 9.67 Å². The molecule has 0 bridgehead atoms. The number of carbonyl (C=O) groups excluding carboxylic acids is 1. The zero-order valence-electron chi connectivity index (χ0n) is 12.4. The van der Waals surface area contributed by atoms with Crippen molar-refractivity contribution in [3.8, 4) is 0 Å². The molecule has 1 N–H and O–H groups in total. The van der Waals surface area contributed by atoms with Crippen molar-refractivity contribution in [3.63, 3.8) is 0 Å². The van der Waals surface area contributed by atoms with Crippen LogP contribution in [0.1, 0.15) is 28.7 Å². The predicted octanol–water partition coefficient (Wildman–Crippen LogP) is 1.32. The van der Waals surface area contributed by atoms with E-state index in [1.54, 1.807) is 24.0 Å². The minimum atomic E-state index is -0.327. The SMILES string of the molecule is CCOC(=O)c1cnn(C)c1CNCCc1ccccn1. The molecule has 6 nitrogen and oxygen atoms in total. The molecule has 0 fully saturated rings. The van der Waals surface area contributed by atoms with Crippen molar-refractivity contribution in [1.82, 2.24) is 20.1 Å². The number of pyridine rings is 1. The predicted molar refractivity (Wildman–Crippen MR) is 78.8 cm³/mol. The number of nitrogens with zero attached hydrogens (tertiary/aromatic N) is 3. The second kappa shape index (κ2) is 7.54. The van der Waals surface area contributed by atoms with Gasteiger partial charge in [-0.2, -0.15) is 5.10 Å². The Bertz CT molecular complexity index is 581. The fraction of sp³-hybridized carbons (Fsp3) is 0.400. The molecular weight excluding hydrogens is 268 g/mol. The lowest BCUT2D eigenvalue weighted by molar-refractivity contribution is 0.0524. The van der Waals surface area contributed by atoms with Gasteiger partial charge in [-0.25, -0.2) is 4.79 Å². The van der Waals surface area contributed by atoms with Gasteiger partial charge < -0.3 is 10.1 Å². The summed E-state index contributed by atoms with van der Waals surface area (Å²) in [6, 6.07) is 5.87. The van der Waals surface area contributed by atoms with Crippen LogP contribution < -0.4 is 5.32 Å². The Hall–Kier alpha value is -2.21. The van der Waals surface area contributed by atoms with Crippen LogP contribution in [0.15, 0.2) is 30.6 Å². The molecule has 2 aromatic heterocycles. The van der Waals surface area contributed by atoms with E-state index in [9.17, 15) is 4.79 Å². The number of esters is 1. The van der Waals surface area contributed by atoms with Crippen molar-refractivity contribution < 1.29 is 9.53 Å². The van der Waals surface area contributed by atoms with Gasteiger partial charge in [0.05, 0.1) is 18.5 Å². The molecule has 0 unspecified atom stereocenters. The highest BCUT2D eigenvalue weighted by molar-refractivity contribution is 5.90. The standard InChI is InChI=1S/C15H20N4O2/c1-3-21-15(20)13-10-18-19(2)14(13)11-16-9-7-12-6-4-5-8-17-12/h4-6,8,10,16H,3,7,9,11H2,1-2H3. The molecule has 0 amide bonds. The van der Waals surface area contributed by atoms with Gasteiger partial charge in [0.2, 0.25) is 0 Å². The summed E-state index contributed by atoms with van der Waals surface area (Å²) in [4.78, 5) is 16.1. The topological polar surface area (TPSA) is 69.0 Å². The zero-order valence-corrected chi connectivity index (χ0v) is 12.4. The van der Waals surface area contributed by atoms with E-state index in [0.29, 0.717) is 18.7 Å². The molecule has 0 saturated carbocycles. The maximum Gasteiger partial charge on any atom is 0.341 e. The lowest BCUT2D eigenvalue weighted by Gasteiger charge is -2.07. The first kappa shape index (κ1) is 15.2. The van der Waals surface area contributed by atoms with Gasteiger partial charge in [0.25, 0.3) is 0 Å². The van der Waals surface area contributed by atoms with E-state index in [2.05, 4.69) is 15.4 Å². The van der Waals surface area contributed by atoms with E-state index in [-0.39, 0.29) is 5.97 Å². The summed E-state index contributed by atoms with van der Waals surface area (Å²) in [7, 11) is 1.82. The summed E-state index contributed by atoms with van der Waals surface area (Å²) in [6.07, 6.45) is 4.18. The van der Waals surface area contributed by atoms with Crippen LogP contribution in [0, 0.1) is 0 Å². The van der Waals surface area contributed by atoms with Gasteiger partial charge in [0.1, 0.15) is 5.56 Å². The van der Waals surface area contributed by atoms with Crippen LogP contribution in [0.2, 0.25) is 0 Å². The highest BCUT2D eigenvalue weighted by atomic mass is 16.5. The molecule has 0 saturated heterocycles. The van der Waals surface area contributed by atoms with Crippen molar-refractivity contribution in [1.29, 1.82) is 0 Å². The number of aromatic nitrogens is 3. The summed E-state index contributed by atoms with van der Waals surface area (Å²) >= 11 is 0. The number of rotatable bonds is 7. The van der Waals surface area contributed by atoms with Crippen LogP contribution in [0.25, 0.3) is 0 Å². The van der Waals surface area contributed by atoms with Gasteiger partial charge >= 0.3 is 5.97 Å². The third-order valence-electron chi connectivity index (χ3n) is 3.13. The van der Waals surface area contributed by atoms with Crippen LogP contribution in [-0.2, 0) is 24.8 Å². The Morgan fingerprint density at radius 1 is 1.43 bits per heavy atom. The fourth-order valence-corrected chi connectivity index (χ4v) is 2.02. The van der Waals surface area contributed by atoms with Crippen LogP contribution in [0.4, 0.5) is 0 Å². The number of aryl methyl sites for hydroxylation is 1. The highest BCUT2D eigenvalue weighted by Crippen LogP contribution is 2.09. The van der Waals surface area contributed by atoms with Crippen LogP contribution in [0.5, 0.6) is 0 Å². The van der Waals surface area contributed by atoms with E-state index in [1.165, 1.54) is 0 Å². The Morgan fingerprint density at radius 2 is 2.29 bits per heavy atom. The molecule has 0 spiro atoms. The average molecular weight is 288 g/mol. The van der Waals surface area contributed by atoms with Crippen molar-refractivity contribution in [2.24, 2.45) is 7.05 Å². The number of nitrogens with one attached hydrogen (secondary N) is 1. The second-order valence-electron chi connectivity index (χ2n) is 4.60. The van der Waals surface area contributed by atoms with Gasteiger partial charge in [-0.15, -0.1) is 0 Å². The zero-order chi connectivity index (χ0) is 15.1. The molecule has 0 aliphatic heterocycles. The largest absolute Gasteiger partial charge is 0.462 e. The molecule has 112 valence electrons. The number of hydrogen-bond donors (Lipinski definition) is 1. The summed E-state index contributed by atoms with van der Waals surface area (Å²) in [5, 5.41) is 7.43. The molecule has 2 aromatic rings. The molecule has 0 aromatic carbocycles. The summed E-state index contributed by atoms with van der Waals surface area (Å²) in [5.74, 6) is -0.327. The Labute approximate surface area is 124 Å². The van der Waals surface area contributed by atoms with Crippen molar-refractivity contribution in [2.75, 3.05) is 13.2 Å². The molecule has 0 atom stereocenters. The molecule has 6 heteroatoms. The van der Waals surface area contributed by atoms with Crippen molar-refractivity contribution in [3.05, 3.63) is 47.5 Å². The van der Waals surface area contributed by atoms with E-state index >= 15 is 0 Å². The fourth-order valence-electron chi connectivity index (χ4n) is 2.02. The lowest BCUT2D eigenvalue weighted by Crippen LogP contribution is -2.21. The number of hydrogen-bond acceptors (Lipinski definition) is 5. The van der Waals surface area contributed by atoms with Gasteiger partial charge in [0.15, 0.2) is 0 Å². The lowest BCUT2D eigenvalue weighted by atomic mass is 10.2. The maximum absolute atomic E-state index is 11.8. The van der Waals surface area contributed by atoms with E-state index in [0.717, 1.165) is 24.4 Å². The molecule has 0 aliphatic carbocycles. The first-order valence-electron chi connectivity index (χ1n) is 7.01. The summed E-state index contributed by atoms with van der Waals surface area (Å²) < 4.78 is 6.72. The molecule has 2 heterocycles.